The molecule has 0 atom stereocenters. The van der Waals surface area contributed by atoms with Gasteiger partial charge in [0.05, 0.1) is 18.4 Å². The summed E-state index contributed by atoms with van der Waals surface area (Å²) in [6.45, 7) is 0.364. The van der Waals surface area contributed by atoms with Crippen molar-refractivity contribution >= 4 is 11.6 Å². The highest BCUT2D eigenvalue weighted by Crippen LogP contribution is 2.18. The molecule has 2 rings (SSSR count). The molecule has 6 heteroatoms. The summed E-state index contributed by atoms with van der Waals surface area (Å²) < 4.78 is 5.21. The molecule has 0 radical (unpaired) electrons. The van der Waals surface area contributed by atoms with Gasteiger partial charge in [-0.2, -0.15) is 0 Å². The summed E-state index contributed by atoms with van der Waals surface area (Å²) in [5.74, 6) is 0.180. The summed E-state index contributed by atoms with van der Waals surface area (Å²) >= 11 is 0. The Bertz CT molecular complexity index is 584. The maximum absolute atomic E-state index is 10.6. The van der Waals surface area contributed by atoms with Gasteiger partial charge in [-0.05, 0) is 24.3 Å². The SMILES string of the molecule is NC(=O)COc1cccc(NCc2ccc(O)cn2)c1. The first kappa shape index (κ1) is 13.7. The highest BCUT2D eigenvalue weighted by Gasteiger charge is 2.00. The molecule has 0 spiro atoms. The molecule has 0 aliphatic carbocycles. The van der Waals surface area contributed by atoms with E-state index in [1.54, 1.807) is 24.3 Å². The summed E-state index contributed by atoms with van der Waals surface area (Å²) in [7, 11) is 0. The maximum atomic E-state index is 10.6. The predicted molar refractivity (Wildman–Crippen MR) is 74.4 cm³/mol. The molecule has 20 heavy (non-hydrogen) atoms. The second-order valence-electron chi connectivity index (χ2n) is 4.14. The largest absolute Gasteiger partial charge is 0.506 e. The molecule has 4 N–H and O–H groups in total. The number of hydrogen-bond donors (Lipinski definition) is 3. The normalized spacial score (nSPS) is 10.0. The van der Waals surface area contributed by atoms with Crippen molar-refractivity contribution in [2.75, 3.05) is 11.9 Å². The fraction of sp³-hybridized carbons (Fsp3) is 0.143. The highest BCUT2D eigenvalue weighted by molar-refractivity contribution is 5.75. The molecule has 0 unspecified atom stereocenters. The molecule has 104 valence electrons. The molecular weight excluding hydrogens is 258 g/mol. The van der Waals surface area contributed by atoms with E-state index in [9.17, 15) is 4.79 Å². The summed E-state index contributed by atoms with van der Waals surface area (Å²) in [6, 6.07) is 10.5. The molecular formula is C14H15N3O3. The summed E-state index contributed by atoms with van der Waals surface area (Å²) in [4.78, 5) is 14.7. The van der Waals surface area contributed by atoms with Crippen molar-refractivity contribution in [3.05, 3.63) is 48.3 Å². The Morgan fingerprint density at radius 1 is 1.35 bits per heavy atom. The molecule has 1 aromatic carbocycles. The van der Waals surface area contributed by atoms with Crippen LogP contribution in [0.5, 0.6) is 11.5 Å². The van der Waals surface area contributed by atoms with Gasteiger partial charge in [0.1, 0.15) is 11.5 Å². The van der Waals surface area contributed by atoms with Crippen LogP contribution in [0.25, 0.3) is 0 Å². The number of amides is 1. The van der Waals surface area contributed by atoms with Crippen LogP contribution in [0, 0.1) is 0 Å². The van der Waals surface area contributed by atoms with Crippen LogP contribution in [0.3, 0.4) is 0 Å². The minimum absolute atomic E-state index is 0.135. The lowest BCUT2D eigenvalue weighted by Gasteiger charge is -2.08. The van der Waals surface area contributed by atoms with Crippen molar-refractivity contribution in [2.24, 2.45) is 5.73 Å². The molecule has 0 saturated carbocycles. The molecule has 0 fully saturated rings. The summed E-state index contributed by atoms with van der Waals surface area (Å²) in [5, 5.41) is 12.3. The van der Waals surface area contributed by atoms with E-state index in [-0.39, 0.29) is 12.4 Å². The first-order chi connectivity index (χ1) is 9.63. The van der Waals surface area contributed by atoms with Crippen LogP contribution in [-0.2, 0) is 11.3 Å². The Morgan fingerprint density at radius 2 is 2.20 bits per heavy atom. The minimum atomic E-state index is -0.517. The zero-order chi connectivity index (χ0) is 14.4. The molecule has 1 heterocycles. The second-order valence-corrected chi connectivity index (χ2v) is 4.14. The zero-order valence-corrected chi connectivity index (χ0v) is 10.7. The van der Waals surface area contributed by atoms with Crippen molar-refractivity contribution in [3.63, 3.8) is 0 Å². The van der Waals surface area contributed by atoms with Gasteiger partial charge in [-0.25, -0.2) is 0 Å². The molecule has 1 aromatic heterocycles. The lowest BCUT2D eigenvalue weighted by Crippen LogP contribution is -2.20. The number of primary amides is 1. The third-order valence-electron chi connectivity index (χ3n) is 2.50. The van der Waals surface area contributed by atoms with Gasteiger partial charge in [0.15, 0.2) is 6.61 Å². The first-order valence-corrected chi connectivity index (χ1v) is 6.02. The van der Waals surface area contributed by atoms with Gasteiger partial charge in [-0.1, -0.05) is 6.07 Å². The molecule has 1 amide bonds. The molecule has 6 nitrogen and oxygen atoms in total. The van der Waals surface area contributed by atoms with E-state index in [1.165, 1.54) is 6.20 Å². The number of anilines is 1. The Kier molecular flexibility index (Phi) is 4.39. The van der Waals surface area contributed by atoms with Gasteiger partial charge in [0.2, 0.25) is 0 Å². The van der Waals surface area contributed by atoms with Crippen LogP contribution in [0.4, 0.5) is 5.69 Å². The molecule has 0 aliphatic rings. The minimum Gasteiger partial charge on any atom is -0.506 e. The molecule has 0 bridgehead atoms. The third kappa shape index (κ3) is 4.16. The number of rotatable bonds is 6. The number of aromatic hydroxyl groups is 1. The van der Waals surface area contributed by atoms with Gasteiger partial charge in [0.25, 0.3) is 5.91 Å². The van der Waals surface area contributed by atoms with E-state index in [2.05, 4.69) is 10.3 Å². The van der Waals surface area contributed by atoms with E-state index in [0.717, 1.165) is 11.4 Å². The average molecular weight is 273 g/mol. The van der Waals surface area contributed by atoms with Crippen molar-refractivity contribution in [1.29, 1.82) is 0 Å². The van der Waals surface area contributed by atoms with Crippen molar-refractivity contribution < 1.29 is 14.6 Å². The number of benzene rings is 1. The van der Waals surface area contributed by atoms with Gasteiger partial charge in [0, 0.05) is 11.8 Å². The van der Waals surface area contributed by atoms with Crippen LogP contribution in [-0.4, -0.2) is 22.6 Å². The zero-order valence-electron chi connectivity index (χ0n) is 10.7. The topological polar surface area (TPSA) is 97.5 Å². The van der Waals surface area contributed by atoms with Crippen molar-refractivity contribution in [3.8, 4) is 11.5 Å². The predicted octanol–water partition coefficient (Wildman–Crippen LogP) is 1.26. The van der Waals surface area contributed by atoms with Gasteiger partial charge in [-0.15, -0.1) is 0 Å². The Balaban J connectivity index is 1.94. The Labute approximate surface area is 116 Å². The van der Waals surface area contributed by atoms with Gasteiger partial charge in [-0.3, -0.25) is 9.78 Å². The fourth-order valence-corrected chi connectivity index (χ4v) is 1.56. The number of pyridine rings is 1. The van der Waals surface area contributed by atoms with Gasteiger partial charge < -0.3 is 20.9 Å². The Morgan fingerprint density at radius 3 is 2.90 bits per heavy atom. The van der Waals surface area contributed by atoms with Crippen molar-refractivity contribution in [2.45, 2.75) is 6.54 Å². The number of nitrogens with two attached hydrogens (primary N) is 1. The maximum Gasteiger partial charge on any atom is 0.255 e. The summed E-state index contributed by atoms with van der Waals surface area (Å²) in [5.41, 5.74) is 6.65. The number of carbonyl (C=O) groups excluding carboxylic acids is 1. The second kappa shape index (κ2) is 6.42. The lowest BCUT2D eigenvalue weighted by atomic mass is 10.3. The molecule has 2 aromatic rings. The van der Waals surface area contributed by atoms with Crippen LogP contribution in [0.15, 0.2) is 42.6 Å². The van der Waals surface area contributed by atoms with Crippen molar-refractivity contribution in [1.82, 2.24) is 4.98 Å². The average Bonchev–Trinajstić information content (AvgIpc) is 2.45. The van der Waals surface area contributed by atoms with Crippen LogP contribution in [0.1, 0.15) is 5.69 Å². The highest BCUT2D eigenvalue weighted by atomic mass is 16.5. The van der Waals surface area contributed by atoms with Crippen LogP contribution in [0.2, 0.25) is 0 Å². The molecule has 0 saturated heterocycles. The van der Waals surface area contributed by atoms with E-state index < -0.39 is 5.91 Å². The standard InChI is InChI=1S/C14H15N3O3/c15-14(19)9-20-13-3-1-2-10(6-13)16-7-11-4-5-12(18)8-17-11/h1-6,8,16,18H,7,9H2,(H2,15,19). The quantitative estimate of drug-likeness (QED) is 0.736. The van der Waals surface area contributed by atoms with E-state index in [1.807, 2.05) is 12.1 Å². The number of nitrogens with one attached hydrogen (secondary N) is 1. The number of nitrogens with zero attached hydrogens (tertiary/aromatic N) is 1. The monoisotopic (exact) mass is 273 g/mol. The number of carbonyl (C=O) groups is 1. The van der Waals surface area contributed by atoms with Crippen LogP contribution >= 0.6 is 0 Å². The van der Waals surface area contributed by atoms with E-state index in [4.69, 9.17) is 15.6 Å². The smallest absolute Gasteiger partial charge is 0.255 e. The number of ether oxygens (including phenoxy) is 1. The molecule has 0 aliphatic heterocycles. The number of aromatic nitrogens is 1. The first-order valence-electron chi connectivity index (χ1n) is 6.02. The fourth-order valence-electron chi connectivity index (χ4n) is 1.56. The Hall–Kier alpha value is -2.76. The third-order valence-corrected chi connectivity index (χ3v) is 2.50. The van der Waals surface area contributed by atoms with E-state index >= 15 is 0 Å². The summed E-state index contributed by atoms with van der Waals surface area (Å²) in [6.07, 6.45) is 1.39. The van der Waals surface area contributed by atoms with Gasteiger partial charge >= 0.3 is 0 Å². The van der Waals surface area contributed by atoms with E-state index in [0.29, 0.717) is 12.3 Å². The number of hydrogen-bond acceptors (Lipinski definition) is 5. The van der Waals surface area contributed by atoms with Crippen LogP contribution < -0.4 is 15.8 Å². The lowest BCUT2D eigenvalue weighted by molar-refractivity contribution is -0.119.